The van der Waals surface area contributed by atoms with Crippen LogP contribution in [-0.4, -0.2) is 55.6 Å². The standard InChI is InChI=1S/C16H17N3O6/c17-14-9(11(21)8-4-2-1-3-5-8)6-19(16(24)18-14)15-13(23)12(22)10(20)7-25-15/h1-6,10,12-13,15,20,22-23H,7H2,(H2,17,18,24)/t10-,12-,13-,15-/m1/s1. The van der Waals surface area contributed by atoms with E-state index in [9.17, 15) is 24.9 Å². The first-order valence-electron chi connectivity index (χ1n) is 7.54. The molecule has 9 heteroatoms. The number of carbonyl (C=O) groups is 1. The number of nitrogens with two attached hydrogens (primary N) is 1. The van der Waals surface area contributed by atoms with Crippen molar-refractivity contribution in [2.45, 2.75) is 24.5 Å². The number of ketones is 1. The van der Waals surface area contributed by atoms with Crippen LogP contribution in [0.2, 0.25) is 0 Å². The Morgan fingerprint density at radius 1 is 1.20 bits per heavy atom. The first-order chi connectivity index (χ1) is 11.9. The Morgan fingerprint density at radius 2 is 1.88 bits per heavy atom. The van der Waals surface area contributed by atoms with E-state index >= 15 is 0 Å². The van der Waals surface area contributed by atoms with Gasteiger partial charge in [0.15, 0.2) is 12.0 Å². The van der Waals surface area contributed by atoms with E-state index < -0.39 is 36.0 Å². The third-order valence-electron chi connectivity index (χ3n) is 4.01. The zero-order valence-corrected chi connectivity index (χ0v) is 13.0. The molecule has 0 saturated carbocycles. The molecule has 1 aliphatic heterocycles. The molecule has 132 valence electrons. The van der Waals surface area contributed by atoms with Crippen LogP contribution in [0.25, 0.3) is 0 Å². The van der Waals surface area contributed by atoms with Gasteiger partial charge < -0.3 is 25.8 Å². The highest BCUT2D eigenvalue weighted by molar-refractivity contribution is 6.11. The number of rotatable bonds is 3. The molecule has 1 saturated heterocycles. The molecule has 1 aromatic heterocycles. The molecule has 1 aromatic carbocycles. The van der Waals surface area contributed by atoms with E-state index in [1.54, 1.807) is 30.3 Å². The highest BCUT2D eigenvalue weighted by Gasteiger charge is 2.39. The van der Waals surface area contributed by atoms with E-state index in [0.717, 1.165) is 10.8 Å². The zero-order valence-electron chi connectivity index (χ0n) is 13.0. The number of aliphatic hydroxyl groups excluding tert-OH is 3. The average Bonchev–Trinajstić information content (AvgIpc) is 2.61. The van der Waals surface area contributed by atoms with Crippen LogP contribution in [0, 0.1) is 0 Å². The van der Waals surface area contributed by atoms with Gasteiger partial charge in [0.05, 0.1) is 12.2 Å². The van der Waals surface area contributed by atoms with Gasteiger partial charge in [0.2, 0.25) is 0 Å². The van der Waals surface area contributed by atoms with Crippen molar-refractivity contribution in [3.8, 4) is 0 Å². The van der Waals surface area contributed by atoms with Gasteiger partial charge in [0.1, 0.15) is 24.1 Å². The third-order valence-corrected chi connectivity index (χ3v) is 4.01. The van der Waals surface area contributed by atoms with Crippen LogP contribution in [0.1, 0.15) is 22.1 Å². The van der Waals surface area contributed by atoms with E-state index in [1.807, 2.05) is 0 Å². The summed E-state index contributed by atoms with van der Waals surface area (Å²) in [5, 5.41) is 29.3. The van der Waals surface area contributed by atoms with Crippen LogP contribution in [0.4, 0.5) is 5.82 Å². The van der Waals surface area contributed by atoms with Gasteiger partial charge in [-0.25, -0.2) is 4.79 Å². The van der Waals surface area contributed by atoms with Crippen molar-refractivity contribution in [1.82, 2.24) is 9.55 Å². The lowest BCUT2D eigenvalue weighted by Crippen LogP contribution is -2.52. The van der Waals surface area contributed by atoms with Crippen molar-refractivity contribution in [1.29, 1.82) is 0 Å². The molecule has 0 amide bonds. The second kappa shape index (κ2) is 6.73. The number of ether oxygens (including phenoxy) is 1. The van der Waals surface area contributed by atoms with Gasteiger partial charge in [0, 0.05) is 11.8 Å². The average molecular weight is 347 g/mol. The molecule has 5 N–H and O–H groups in total. The summed E-state index contributed by atoms with van der Waals surface area (Å²) in [7, 11) is 0. The Labute approximate surface area is 141 Å². The van der Waals surface area contributed by atoms with E-state index in [4.69, 9.17) is 10.5 Å². The zero-order chi connectivity index (χ0) is 18.1. The lowest BCUT2D eigenvalue weighted by Gasteiger charge is -2.35. The molecule has 25 heavy (non-hydrogen) atoms. The van der Waals surface area contributed by atoms with Crippen molar-refractivity contribution in [3.05, 3.63) is 58.1 Å². The maximum absolute atomic E-state index is 12.6. The monoisotopic (exact) mass is 347 g/mol. The number of carbonyl (C=O) groups excluding carboxylic acids is 1. The number of aliphatic hydroxyl groups is 3. The van der Waals surface area contributed by atoms with Gasteiger partial charge in [-0.3, -0.25) is 9.36 Å². The number of benzene rings is 1. The molecule has 2 aromatic rings. The molecule has 9 nitrogen and oxygen atoms in total. The molecular weight excluding hydrogens is 330 g/mol. The summed E-state index contributed by atoms with van der Waals surface area (Å²) < 4.78 is 6.11. The molecule has 3 rings (SSSR count). The van der Waals surface area contributed by atoms with Crippen LogP contribution in [0.5, 0.6) is 0 Å². The summed E-state index contributed by atoms with van der Waals surface area (Å²) in [6.07, 6.45) is -4.53. The summed E-state index contributed by atoms with van der Waals surface area (Å²) in [4.78, 5) is 28.3. The minimum Gasteiger partial charge on any atom is -0.388 e. The molecular formula is C16H17N3O6. The summed E-state index contributed by atoms with van der Waals surface area (Å²) in [5.74, 6) is -0.703. The number of anilines is 1. The molecule has 1 fully saturated rings. The maximum atomic E-state index is 12.6. The van der Waals surface area contributed by atoms with Crippen molar-refractivity contribution >= 4 is 11.6 Å². The van der Waals surface area contributed by atoms with E-state index in [-0.39, 0.29) is 18.0 Å². The highest BCUT2D eigenvalue weighted by atomic mass is 16.5. The van der Waals surface area contributed by atoms with Crippen LogP contribution in [0.3, 0.4) is 0 Å². The summed E-state index contributed by atoms with van der Waals surface area (Å²) in [5.41, 5.74) is 5.16. The minimum atomic E-state index is -1.58. The largest absolute Gasteiger partial charge is 0.388 e. The SMILES string of the molecule is Nc1nc(=O)n([C@@H]2OC[C@@H](O)[C@@H](O)[C@H]2O)cc1C(=O)c1ccccc1. The Hall–Kier alpha value is -2.59. The van der Waals surface area contributed by atoms with Crippen molar-refractivity contribution in [2.75, 3.05) is 12.3 Å². The van der Waals surface area contributed by atoms with Crippen LogP contribution in [0.15, 0.2) is 41.3 Å². The smallest absolute Gasteiger partial charge is 0.351 e. The molecule has 0 radical (unpaired) electrons. The van der Waals surface area contributed by atoms with E-state index in [0.29, 0.717) is 5.56 Å². The van der Waals surface area contributed by atoms with Crippen molar-refractivity contribution in [3.63, 3.8) is 0 Å². The molecule has 0 unspecified atom stereocenters. The Kier molecular flexibility index (Phi) is 4.64. The van der Waals surface area contributed by atoms with Gasteiger partial charge in [0.25, 0.3) is 0 Å². The number of nitrogens with zero attached hydrogens (tertiary/aromatic N) is 2. The quantitative estimate of drug-likeness (QED) is 0.499. The molecule has 1 aliphatic rings. The Balaban J connectivity index is 2.02. The topological polar surface area (TPSA) is 148 Å². The second-order valence-electron chi connectivity index (χ2n) is 5.70. The maximum Gasteiger partial charge on any atom is 0.351 e. The van der Waals surface area contributed by atoms with Crippen molar-refractivity contribution < 1.29 is 24.9 Å². The number of hydrogen-bond donors (Lipinski definition) is 4. The summed E-state index contributed by atoms with van der Waals surface area (Å²) in [6, 6.07) is 8.28. The fourth-order valence-corrected chi connectivity index (χ4v) is 2.62. The first-order valence-corrected chi connectivity index (χ1v) is 7.54. The first kappa shape index (κ1) is 17.2. The van der Waals surface area contributed by atoms with Gasteiger partial charge in [-0.2, -0.15) is 4.98 Å². The second-order valence-corrected chi connectivity index (χ2v) is 5.70. The number of nitrogen functional groups attached to an aromatic ring is 1. The minimum absolute atomic E-state index is 0.0396. The summed E-state index contributed by atoms with van der Waals surface area (Å²) >= 11 is 0. The normalized spacial score (nSPS) is 26.4. The van der Waals surface area contributed by atoms with Crippen LogP contribution in [-0.2, 0) is 4.74 Å². The fraction of sp³-hybridized carbons (Fsp3) is 0.312. The van der Waals surface area contributed by atoms with Gasteiger partial charge in [-0.05, 0) is 0 Å². The van der Waals surface area contributed by atoms with Crippen molar-refractivity contribution in [2.24, 2.45) is 0 Å². The molecule has 2 heterocycles. The fourth-order valence-electron chi connectivity index (χ4n) is 2.62. The number of aromatic nitrogens is 2. The van der Waals surface area contributed by atoms with Gasteiger partial charge in [-0.15, -0.1) is 0 Å². The number of hydrogen-bond acceptors (Lipinski definition) is 8. The van der Waals surface area contributed by atoms with Crippen LogP contribution < -0.4 is 11.4 Å². The van der Waals surface area contributed by atoms with Gasteiger partial charge in [-0.1, -0.05) is 30.3 Å². The Morgan fingerprint density at radius 3 is 2.56 bits per heavy atom. The predicted octanol–water partition coefficient (Wildman–Crippen LogP) is -1.33. The highest BCUT2D eigenvalue weighted by Crippen LogP contribution is 2.24. The lowest BCUT2D eigenvalue weighted by molar-refractivity contribution is -0.212. The predicted molar refractivity (Wildman–Crippen MR) is 85.8 cm³/mol. The summed E-state index contributed by atoms with van der Waals surface area (Å²) in [6.45, 7) is -0.290. The molecule has 0 aliphatic carbocycles. The molecule has 4 atom stereocenters. The Bertz CT molecular complexity index is 838. The van der Waals surface area contributed by atoms with E-state index in [1.165, 1.54) is 0 Å². The molecule has 0 spiro atoms. The lowest BCUT2D eigenvalue weighted by atomic mass is 10.0. The van der Waals surface area contributed by atoms with E-state index in [2.05, 4.69) is 4.98 Å². The van der Waals surface area contributed by atoms with Crippen LogP contribution >= 0.6 is 0 Å². The van der Waals surface area contributed by atoms with Gasteiger partial charge >= 0.3 is 5.69 Å². The third kappa shape index (κ3) is 3.17. The molecule has 0 bridgehead atoms.